The molecule has 0 atom stereocenters. The zero-order chi connectivity index (χ0) is 22.8. The Labute approximate surface area is 192 Å². The van der Waals surface area contributed by atoms with Crippen molar-refractivity contribution in [1.29, 1.82) is 0 Å². The maximum absolute atomic E-state index is 13.1. The summed E-state index contributed by atoms with van der Waals surface area (Å²) in [5.41, 5.74) is 2.06. The first-order valence-electron chi connectivity index (χ1n) is 10.1. The zero-order valence-corrected chi connectivity index (χ0v) is 18.0. The number of aromatic nitrogens is 2. The van der Waals surface area contributed by atoms with Gasteiger partial charge in [0.15, 0.2) is 6.61 Å². The number of para-hydroxylation sites is 2. The highest BCUT2D eigenvalue weighted by Crippen LogP contribution is 2.47. The number of hydrogen-bond acceptors (Lipinski definition) is 7. The van der Waals surface area contributed by atoms with Crippen LogP contribution in [0, 0.1) is 0 Å². The molecule has 0 N–H and O–H groups in total. The second-order valence-electron chi connectivity index (χ2n) is 7.12. The van der Waals surface area contributed by atoms with Gasteiger partial charge in [-0.1, -0.05) is 54.2 Å². The number of amides is 1. The third kappa shape index (κ3) is 4.18. The van der Waals surface area contributed by atoms with Crippen LogP contribution in [0.5, 0.6) is 0 Å². The molecule has 33 heavy (non-hydrogen) atoms. The van der Waals surface area contributed by atoms with E-state index in [1.54, 1.807) is 40.9 Å². The summed E-state index contributed by atoms with van der Waals surface area (Å²) in [4.78, 5) is 40.9. The predicted molar refractivity (Wildman–Crippen MR) is 121 cm³/mol. The number of rotatable bonds is 5. The number of benzene rings is 3. The van der Waals surface area contributed by atoms with Crippen LogP contribution in [0.25, 0.3) is 11.5 Å². The fraction of sp³-hybridized carbons (Fsp3) is 0.0833. The predicted octanol–water partition coefficient (Wildman–Crippen LogP) is 3.88. The number of nitrogens with zero attached hydrogens (tertiary/aromatic N) is 3. The summed E-state index contributed by atoms with van der Waals surface area (Å²) in [6.45, 7) is -0.949. The summed E-state index contributed by atoms with van der Waals surface area (Å²) >= 11 is 1.57. The fourth-order valence-electron chi connectivity index (χ4n) is 3.45. The van der Waals surface area contributed by atoms with E-state index in [0.29, 0.717) is 5.56 Å². The molecule has 1 aliphatic heterocycles. The Bertz CT molecular complexity index is 1350. The van der Waals surface area contributed by atoms with E-state index in [1.165, 1.54) is 0 Å². The van der Waals surface area contributed by atoms with Crippen molar-refractivity contribution in [2.45, 2.75) is 16.3 Å². The van der Waals surface area contributed by atoms with Crippen LogP contribution in [0.1, 0.15) is 0 Å². The molecule has 0 radical (unpaired) electrons. The largest absolute Gasteiger partial charge is 0.454 e. The number of carbonyl (C=O) groups excluding carboxylic acids is 2. The molecule has 2 heterocycles. The van der Waals surface area contributed by atoms with E-state index < -0.39 is 30.8 Å². The van der Waals surface area contributed by atoms with E-state index >= 15 is 0 Å². The molecule has 1 amide bonds. The third-order valence-electron chi connectivity index (χ3n) is 4.94. The van der Waals surface area contributed by atoms with E-state index in [-0.39, 0.29) is 5.89 Å². The highest BCUT2D eigenvalue weighted by Gasteiger charge is 2.28. The topological polar surface area (TPSA) is 94.6 Å². The number of carbonyl (C=O) groups is 2. The first-order valence-corrected chi connectivity index (χ1v) is 10.9. The molecular formula is C24H17N3O5S. The number of hydrogen-bond donors (Lipinski definition) is 0. The van der Waals surface area contributed by atoms with Crippen LogP contribution < -0.4 is 10.7 Å². The molecule has 1 aromatic heterocycles. The lowest BCUT2D eigenvalue weighted by atomic mass is 10.2. The molecule has 9 heteroatoms. The highest BCUT2D eigenvalue weighted by molar-refractivity contribution is 7.99. The minimum Gasteiger partial charge on any atom is -0.454 e. The van der Waals surface area contributed by atoms with Crippen molar-refractivity contribution in [3.63, 3.8) is 0 Å². The molecule has 0 aliphatic carbocycles. The smallest absolute Gasteiger partial charge is 0.437 e. The Morgan fingerprint density at radius 1 is 0.879 bits per heavy atom. The standard InChI is InChI=1S/C24H17N3O5S/c28-21(27-17-10-4-6-12-19(17)33-20-13-7-5-11-18(20)27)15-31-22(29)14-26-24(30)32-23(25-26)16-8-2-1-3-9-16/h1-13H,14-15H2. The highest BCUT2D eigenvalue weighted by atomic mass is 32.2. The molecule has 0 spiro atoms. The SMILES string of the molecule is O=C(Cn1nc(-c2ccccc2)oc1=O)OCC(=O)N1c2ccccc2Sc2ccccc21. The molecule has 164 valence electrons. The molecule has 0 saturated heterocycles. The van der Waals surface area contributed by atoms with Crippen molar-refractivity contribution in [2.75, 3.05) is 11.5 Å². The van der Waals surface area contributed by atoms with Gasteiger partial charge in [-0.05, 0) is 36.4 Å². The Balaban J connectivity index is 1.29. The van der Waals surface area contributed by atoms with Gasteiger partial charge in [0.1, 0.15) is 6.54 Å². The second-order valence-corrected chi connectivity index (χ2v) is 8.21. The summed E-state index contributed by atoms with van der Waals surface area (Å²) in [5, 5.41) is 4.04. The molecule has 0 saturated carbocycles. The Hall–Kier alpha value is -4.11. The molecular weight excluding hydrogens is 442 g/mol. The molecule has 5 rings (SSSR count). The first kappa shape index (κ1) is 20.8. The molecule has 8 nitrogen and oxygen atoms in total. The van der Waals surface area contributed by atoms with Crippen molar-refractivity contribution in [3.8, 4) is 11.5 Å². The maximum atomic E-state index is 13.1. The van der Waals surface area contributed by atoms with Gasteiger partial charge in [0, 0.05) is 15.4 Å². The maximum Gasteiger partial charge on any atom is 0.437 e. The molecule has 1 aliphatic rings. The lowest BCUT2D eigenvalue weighted by Gasteiger charge is -2.30. The zero-order valence-electron chi connectivity index (χ0n) is 17.2. The van der Waals surface area contributed by atoms with Crippen LogP contribution >= 0.6 is 11.8 Å². The summed E-state index contributed by atoms with van der Waals surface area (Å²) in [6.07, 6.45) is 0. The quantitative estimate of drug-likeness (QED) is 0.418. The van der Waals surface area contributed by atoms with E-state index in [1.807, 2.05) is 54.6 Å². The molecule has 3 aromatic carbocycles. The van der Waals surface area contributed by atoms with E-state index in [2.05, 4.69) is 5.10 Å². The van der Waals surface area contributed by atoms with Crippen molar-refractivity contribution < 1.29 is 18.7 Å². The first-order chi connectivity index (χ1) is 16.1. The van der Waals surface area contributed by atoms with Gasteiger partial charge in [-0.3, -0.25) is 14.5 Å². The lowest BCUT2D eigenvalue weighted by molar-refractivity contribution is -0.148. The second kappa shape index (κ2) is 8.79. The summed E-state index contributed by atoms with van der Waals surface area (Å²) in [6, 6.07) is 23.9. The van der Waals surface area contributed by atoms with Crippen LogP contribution in [0.2, 0.25) is 0 Å². The van der Waals surface area contributed by atoms with Gasteiger partial charge in [0.05, 0.1) is 11.4 Å². The number of ether oxygens (including phenoxy) is 1. The van der Waals surface area contributed by atoms with Gasteiger partial charge in [-0.15, -0.1) is 5.10 Å². The van der Waals surface area contributed by atoms with Gasteiger partial charge in [-0.2, -0.15) is 4.68 Å². The van der Waals surface area contributed by atoms with Crippen molar-refractivity contribution in [2.24, 2.45) is 0 Å². The van der Waals surface area contributed by atoms with Crippen molar-refractivity contribution in [3.05, 3.63) is 89.4 Å². The summed E-state index contributed by atoms with van der Waals surface area (Å²) in [5.74, 6) is -1.86. The van der Waals surface area contributed by atoms with Gasteiger partial charge < -0.3 is 9.15 Å². The Morgan fingerprint density at radius 2 is 1.48 bits per heavy atom. The molecule has 0 bridgehead atoms. The van der Waals surface area contributed by atoms with E-state index in [4.69, 9.17) is 9.15 Å². The normalized spacial score (nSPS) is 12.1. The average Bonchev–Trinajstić information content (AvgIpc) is 3.21. The number of fused-ring (bicyclic) bond motifs is 2. The van der Waals surface area contributed by atoms with Crippen LogP contribution in [-0.4, -0.2) is 28.3 Å². The Kier molecular flexibility index (Phi) is 5.54. The average molecular weight is 459 g/mol. The van der Waals surface area contributed by atoms with Gasteiger partial charge >= 0.3 is 11.7 Å². The van der Waals surface area contributed by atoms with E-state index in [0.717, 1.165) is 25.8 Å². The van der Waals surface area contributed by atoms with Crippen molar-refractivity contribution in [1.82, 2.24) is 9.78 Å². The summed E-state index contributed by atoms with van der Waals surface area (Å²) in [7, 11) is 0. The fourth-order valence-corrected chi connectivity index (χ4v) is 4.51. The van der Waals surface area contributed by atoms with Crippen LogP contribution in [-0.2, 0) is 20.9 Å². The molecule has 4 aromatic rings. The minimum atomic E-state index is -0.784. The number of esters is 1. The third-order valence-corrected chi connectivity index (χ3v) is 6.07. The van der Waals surface area contributed by atoms with E-state index in [9.17, 15) is 14.4 Å². The number of anilines is 2. The van der Waals surface area contributed by atoms with Crippen LogP contribution in [0.4, 0.5) is 11.4 Å². The Morgan fingerprint density at radius 3 is 2.15 bits per heavy atom. The molecule has 0 fully saturated rings. The van der Waals surface area contributed by atoms with Crippen molar-refractivity contribution >= 4 is 35.0 Å². The van der Waals surface area contributed by atoms with Crippen LogP contribution in [0.3, 0.4) is 0 Å². The minimum absolute atomic E-state index is 0.100. The van der Waals surface area contributed by atoms with Gasteiger partial charge in [0.25, 0.3) is 5.91 Å². The summed E-state index contributed by atoms with van der Waals surface area (Å²) < 4.78 is 11.2. The van der Waals surface area contributed by atoms with Gasteiger partial charge in [0.2, 0.25) is 5.89 Å². The monoisotopic (exact) mass is 459 g/mol. The van der Waals surface area contributed by atoms with Crippen LogP contribution in [0.15, 0.2) is 97.9 Å². The lowest BCUT2D eigenvalue weighted by Crippen LogP contribution is -2.33. The van der Waals surface area contributed by atoms with Gasteiger partial charge in [-0.25, -0.2) is 4.79 Å². The molecule has 0 unspecified atom stereocenters.